The maximum Gasteiger partial charge on any atom is 0.233 e. The summed E-state index contributed by atoms with van der Waals surface area (Å²) in [6.45, 7) is 8.43. The lowest BCUT2D eigenvalue weighted by Gasteiger charge is -2.13. The van der Waals surface area contributed by atoms with Crippen molar-refractivity contribution in [2.75, 3.05) is 0 Å². The summed E-state index contributed by atoms with van der Waals surface area (Å²) in [4.78, 5) is 12.2. The molecule has 1 heterocycles. The Kier molecular flexibility index (Phi) is 5.54. The second-order valence-electron chi connectivity index (χ2n) is 5.46. The molecule has 0 aliphatic heterocycles. The van der Waals surface area contributed by atoms with Crippen LogP contribution in [-0.2, 0) is 11.3 Å². The molecular weight excluding hydrogens is 298 g/mol. The number of nitrogens with zero attached hydrogens (tertiary/aromatic N) is 4. The molecule has 0 spiro atoms. The first-order valence-electron chi connectivity index (χ1n) is 7.25. The highest BCUT2D eigenvalue weighted by atomic mass is 32.2. The van der Waals surface area contributed by atoms with E-state index >= 15 is 0 Å². The predicted molar refractivity (Wildman–Crippen MR) is 86.5 cm³/mol. The van der Waals surface area contributed by atoms with Crippen LogP contribution in [0.2, 0.25) is 0 Å². The number of rotatable bonds is 6. The summed E-state index contributed by atoms with van der Waals surface area (Å²) in [5.41, 5.74) is 2.29. The molecule has 1 N–H and O–H groups in total. The Bertz CT molecular complexity index is 623. The van der Waals surface area contributed by atoms with Crippen LogP contribution in [0.15, 0.2) is 29.4 Å². The van der Waals surface area contributed by atoms with Gasteiger partial charge in [0, 0.05) is 6.54 Å². The van der Waals surface area contributed by atoms with Gasteiger partial charge in [-0.25, -0.2) is 4.68 Å². The van der Waals surface area contributed by atoms with Gasteiger partial charge in [0.1, 0.15) is 0 Å². The molecule has 7 heteroatoms. The van der Waals surface area contributed by atoms with Gasteiger partial charge in [-0.05, 0) is 43.7 Å². The quantitative estimate of drug-likeness (QED) is 0.828. The van der Waals surface area contributed by atoms with Crippen molar-refractivity contribution in [1.82, 2.24) is 25.5 Å². The maximum absolute atomic E-state index is 12.2. The van der Waals surface area contributed by atoms with E-state index in [1.165, 1.54) is 17.3 Å². The molecule has 0 unspecified atom stereocenters. The van der Waals surface area contributed by atoms with Gasteiger partial charge >= 0.3 is 0 Å². The van der Waals surface area contributed by atoms with Crippen LogP contribution in [0.5, 0.6) is 0 Å². The minimum atomic E-state index is -0.256. The Labute approximate surface area is 134 Å². The molecule has 0 aliphatic carbocycles. The van der Waals surface area contributed by atoms with Gasteiger partial charge in [0.25, 0.3) is 0 Å². The zero-order chi connectivity index (χ0) is 16.1. The van der Waals surface area contributed by atoms with Crippen molar-refractivity contribution in [3.05, 3.63) is 35.4 Å². The average molecular weight is 319 g/mol. The summed E-state index contributed by atoms with van der Waals surface area (Å²) >= 11 is 1.37. The van der Waals surface area contributed by atoms with Gasteiger partial charge < -0.3 is 5.32 Å². The van der Waals surface area contributed by atoms with Gasteiger partial charge in [-0.15, -0.1) is 5.10 Å². The number of amides is 1. The number of nitrogens with one attached hydrogen (secondary N) is 1. The first-order chi connectivity index (χ1) is 10.5. The third kappa shape index (κ3) is 4.30. The molecule has 1 aromatic heterocycles. The van der Waals surface area contributed by atoms with Gasteiger partial charge in [0.05, 0.1) is 11.3 Å². The molecule has 0 saturated carbocycles. The minimum Gasteiger partial charge on any atom is -0.351 e. The monoisotopic (exact) mass is 319 g/mol. The van der Waals surface area contributed by atoms with Crippen molar-refractivity contribution in [3.8, 4) is 0 Å². The van der Waals surface area contributed by atoms with E-state index in [9.17, 15) is 4.79 Å². The number of tetrazole rings is 1. The second kappa shape index (κ2) is 7.40. The van der Waals surface area contributed by atoms with Crippen molar-refractivity contribution in [2.24, 2.45) is 0 Å². The average Bonchev–Trinajstić information content (AvgIpc) is 2.94. The number of aromatic nitrogens is 4. The lowest BCUT2D eigenvalue weighted by molar-refractivity contribution is -0.120. The summed E-state index contributed by atoms with van der Waals surface area (Å²) < 4.78 is 1.72. The summed E-state index contributed by atoms with van der Waals surface area (Å²) in [5, 5.41) is 14.9. The largest absolute Gasteiger partial charge is 0.351 e. The van der Waals surface area contributed by atoms with E-state index < -0.39 is 0 Å². The molecule has 0 saturated heterocycles. The topological polar surface area (TPSA) is 72.7 Å². The molecule has 1 aromatic carbocycles. The van der Waals surface area contributed by atoms with Gasteiger partial charge in [0.2, 0.25) is 11.1 Å². The van der Waals surface area contributed by atoms with Crippen LogP contribution in [0.1, 0.15) is 37.9 Å². The van der Waals surface area contributed by atoms with E-state index in [1.54, 1.807) is 4.68 Å². The highest BCUT2D eigenvalue weighted by Crippen LogP contribution is 2.22. The Hall–Kier alpha value is -1.89. The van der Waals surface area contributed by atoms with E-state index in [4.69, 9.17) is 0 Å². The van der Waals surface area contributed by atoms with Crippen molar-refractivity contribution in [1.29, 1.82) is 0 Å². The molecular formula is C15H21N5OS. The number of aryl methyl sites for hydroxylation is 1. The fourth-order valence-electron chi connectivity index (χ4n) is 1.84. The minimum absolute atomic E-state index is 0.0242. The summed E-state index contributed by atoms with van der Waals surface area (Å²) in [6, 6.07) is 8.28. The molecule has 118 valence electrons. The summed E-state index contributed by atoms with van der Waals surface area (Å²) in [6.07, 6.45) is 0. The van der Waals surface area contributed by atoms with Crippen molar-refractivity contribution in [2.45, 2.75) is 50.7 Å². The van der Waals surface area contributed by atoms with E-state index in [2.05, 4.69) is 20.8 Å². The summed E-state index contributed by atoms with van der Waals surface area (Å²) in [7, 11) is 0. The van der Waals surface area contributed by atoms with Crippen LogP contribution >= 0.6 is 11.8 Å². The highest BCUT2D eigenvalue weighted by Gasteiger charge is 2.19. The Morgan fingerprint density at radius 2 is 1.95 bits per heavy atom. The number of carbonyl (C=O) groups is 1. The maximum atomic E-state index is 12.2. The third-order valence-corrected chi connectivity index (χ3v) is 4.24. The number of hydrogen-bond donors (Lipinski definition) is 1. The van der Waals surface area contributed by atoms with Crippen LogP contribution in [0.3, 0.4) is 0 Å². The van der Waals surface area contributed by atoms with Crippen LogP contribution < -0.4 is 5.32 Å². The van der Waals surface area contributed by atoms with Gasteiger partial charge in [0.15, 0.2) is 0 Å². The zero-order valence-electron chi connectivity index (χ0n) is 13.3. The molecule has 1 amide bonds. The van der Waals surface area contributed by atoms with Gasteiger partial charge in [-0.1, -0.05) is 41.6 Å². The van der Waals surface area contributed by atoms with Crippen LogP contribution in [0, 0.1) is 6.92 Å². The zero-order valence-corrected chi connectivity index (χ0v) is 14.1. The number of hydrogen-bond acceptors (Lipinski definition) is 5. The molecule has 0 fully saturated rings. The standard InChI is InChI=1S/C15H21N5OS/c1-10(2)20-15(17-18-19-20)22-12(4)14(21)16-9-13-7-5-11(3)6-8-13/h5-8,10,12H,9H2,1-4H3,(H,16,21)/t12-/m1/s1. The first-order valence-corrected chi connectivity index (χ1v) is 8.13. The molecule has 0 bridgehead atoms. The molecule has 0 aliphatic rings. The normalized spacial score (nSPS) is 12.4. The van der Waals surface area contributed by atoms with Crippen molar-refractivity contribution >= 4 is 17.7 Å². The smallest absolute Gasteiger partial charge is 0.233 e. The van der Waals surface area contributed by atoms with Crippen LogP contribution in [-0.4, -0.2) is 31.4 Å². The molecule has 1 atom stereocenters. The van der Waals surface area contributed by atoms with Crippen LogP contribution in [0.25, 0.3) is 0 Å². The lowest BCUT2D eigenvalue weighted by atomic mass is 10.1. The van der Waals surface area contributed by atoms with E-state index in [-0.39, 0.29) is 17.2 Å². The number of carbonyl (C=O) groups excluding carboxylic acids is 1. The second-order valence-corrected chi connectivity index (χ2v) is 6.77. The van der Waals surface area contributed by atoms with E-state index in [0.717, 1.165) is 5.56 Å². The Morgan fingerprint density at radius 3 is 2.59 bits per heavy atom. The number of thioether (sulfide) groups is 1. The van der Waals surface area contributed by atoms with E-state index in [1.807, 2.05) is 52.0 Å². The first kappa shape index (κ1) is 16.5. The fourth-order valence-corrected chi connectivity index (χ4v) is 2.78. The van der Waals surface area contributed by atoms with E-state index in [0.29, 0.717) is 11.7 Å². The van der Waals surface area contributed by atoms with Crippen LogP contribution in [0.4, 0.5) is 0 Å². The third-order valence-electron chi connectivity index (χ3n) is 3.19. The molecule has 2 aromatic rings. The van der Waals surface area contributed by atoms with Gasteiger partial charge in [-0.3, -0.25) is 4.79 Å². The Balaban J connectivity index is 1.89. The van der Waals surface area contributed by atoms with Gasteiger partial charge in [-0.2, -0.15) is 0 Å². The molecule has 22 heavy (non-hydrogen) atoms. The molecule has 6 nitrogen and oxygen atoms in total. The Morgan fingerprint density at radius 1 is 1.27 bits per heavy atom. The van der Waals surface area contributed by atoms with Crippen molar-refractivity contribution < 1.29 is 4.79 Å². The lowest BCUT2D eigenvalue weighted by Crippen LogP contribution is -2.30. The predicted octanol–water partition coefficient (Wildman–Crippen LogP) is 2.36. The highest BCUT2D eigenvalue weighted by molar-refractivity contribution is 8.00. The molecule has 0 radical (unpaired) electrons. The summed E-state index contributed by atoms with van der Waals surface area (Å²) in [5.74, 6) is -0.0242. The van der Waals surface area contributed by atoms with Crippen molar-refractivity contribution in [3.63, 3.8) is 0 Å². The molecule has 2 rings (SSSR count). The number of benzene rings is 1. The fraction of sp³-hybridized carbons (Fsp3) is 0.467. The SMILES string of the molecule is Cc1ccc(CNC(=O)[C@@H](C)Sc2nnnn2C(C)C)cc1.